The SMILES string of the molecule is CCNC(=NCCc1cc(Cl)c2c(c1)OCCO2)N(C)CC1CCOC1.I. The van der Waals surface area contributed by atoms with Gasteiger partial charge in [-0.1, -0.05) is 11.6 Å². The van der Waals surface area contributed by atoms with Gasteiger partial charge < -0.3 is 24.4 Å². The van der Waals surface area contributed by atoms with Crippen LogP contribution in [0.15, 0.2) is 17.1 Å². The second-order valence-corrected chi connectivity index (χ2v) is 7.10. The van der Waals surface area contributed by atoms with Gasteiger partial charge in [0.05, 0.1) is 11.6 Å². The molecule has 1 unspecified atom stereocenters. The Kier molecular flexibility index (Phi) is 9.25. The Morgan fingerprint density at radius 3 is 2.85 bits per heavy atom. The first-order chi connectivity index (χ1) is 12.7. The standard InChI is InChI=1S/C19H28ClN3O3.HI/c1-3-21-19(23(2)12-15-5-7-24-13-15)22-6-4-14-10-16(20)18-17(11-14)25-8-9-26-18;/h10-11,15H,3-9,12-13H2,1-2H3,(H,21,22);1H. The summed E-state index contributed by atoms with van der Waals surface area (Å²) in [6.07, 6.45) is 1.92. The summed E-state index contributed by atoms with van der Waals surface area (Å²) < 4.78 is 16.7. The highest BCUT2D eigenvalue weighted by molar-refractivity contribution is 14.0. The number of hydrogen-bond acceptors (Lipinski definition) is 4. The second-order valence-electron chi connectivity index (χ2n) is 6.70. The third kappa shape index (κ3) is 6.29. The van der Waals surface area contributed by atoms with E-state index in [0.717, 1.165) is 56.4 Å². The van der Waals surface area contributed by atoms with E-state index in [0.29, 0.717) is 36.4 Å². The Labute approximate surface area is 183 Å². The average molecular weight is 510 g/mol. The molecule has 2 aliphatic heterocycles. The number of nitrogens with zero attached hydrogens (tertiary/aromatic N) is 2. The molecule has 1 atom stereocenters. The van der Waals surface area contributed by atoms with Gasteiger partial charge in [-0.3, -0.25) is 4.99 Å². The maximum Gasteiger partial charge on any atom is 0.193 e. The topological polar surface area (TPSA) is 55.3 Å². The summed E-state index contributed by atoms with van der Waals surface area (Å²) in [5.41, 5.74) is 1.10. The van der Waals surface area contributed by atoms with Crippen LogP contribution in [0.3, 0.4) is 0 Å². The second kappa shape index (κ2) is 11.2. The number of ether oxygens (including phenoxy) is 3. The maximum absolute atomic E-state index is 6.31. The van der Waals surface area contributed by atoms with Crippen molar-refractivity contribution in [1.82, 2.24) is 10.2 Å². The first-order valence-corrected chi connectivity index (χ1v) is 9.70. The largest absolute Gasteiger partial charge is 0.486 e. The molecule has 1 aromatic rings. The Morgan fingerprint density at radius 1 is 1.30 bits per heavy atom. The van der Waals surface area contributed by atoms with Crippen molar-refractivity contribution in [2.75, 3.05) is 53.1 Å². The zero-order valence-corrected chi connectivity index (χ0v) is 19.1. The molecule has 1 aromatic carbocycles. The fourth-order valence-corrected chi connectivity index (χ4v) is 3.56. The van der Waals surface area contributed by atoms with E-state index in [1.54, 1.807) is 0 Å². The lowest BCUT2D eigenvalue weighted by atomic mass is 10.1. The van der Waals surface area contributed by atoms with Gasteiger partial charge in [0, 0.05) is 39.2 Å². The van der Waals surface area contributed by atoms with Crippen LogP contribution in [-0.4, -0.2) is 64.0 Å². The number of guanidine groups is 1. The third-order valence-corrected chi connectivity index (χ3v) is 4.85. The number of benzene rings is 1. The molecule has 2 heterocycles. The molecule has 1 N–H and O–H groups in total. The zero-order valence-electron chi connectivity index (χ0n) is 16.0. The summed E-state index contributed by atoms with van der Waals surface area (Å²) in [6, 6.07) is 3.94. The Balaban J connectivity index is 0.00000261. The van der Waals surface area contributed by atoms with E-state index in [-0.39, 0.29) is 24.0 Å². The van der Waals surface area contributed by atoms with Crippen molar-refractivity contribution in [2.24, 2.45) is 10.9 Å². The van der Waals surface area contributed by atoms with E-state index in [1.165, 1.54) is 0 Å². The molecule has 0 saturated carbocycles. The van der Waals surface area contributed by atoms with Crippen molar-refractivity contribution in [2.45, 2.75) is 19.8 Å². The lowest BCUT2D eigenvalue weighted by Crippen LogP contribution is -2.41. The molecule has 152 valence electrons. The summed E-state index contributed by atoms with van der Waals surface area (Å²) in [4.78, 5) is 6.96. The summed E-state index contributed by atoms with van der Waals surface area (Å²) in [5.74, 6) is 2.90. The number of aliphatic imine (C=N–C) groups is 1. The van der Waals surface area contributed by atoms with Gasteiger partial charge >= 0.3 is 0 Å². The van der Waals surface area contributed by atoms with E-state index in [4.69, 9.17) is 30.8 Å². The molecule has 0 radical (unpaired) electrons. The summed E-state index contributed by atoms with van der Waals surface area (Å²) in [7, 11) is 2.08. The Bertz CT molecular complexity index is 639. The van der Waals surface area contributed by atoms with Gasteiger partial charge in [-0.25, -0.2) is 0 Å². The molecule has 2 aliphatic rings. The highest BCUT2D eigenvalue weighted by atomic mass is 127. The third-order valence-electron chi connectivity index (χ3n) is 4.57. The fraction of sp³-hybridized carbons (Fsp3) is 0.632. The summed E-state index contributed by atoms with van der Waals surface area (Å²) >= 11 is 6.31. The minimum Gasteiger partial charge on any atom is -0.486 e. The quantitative estimate of drug-likeness (QED) is 0.363. The molecule has 1 fully saturated rings. The molecule has 0 bridgehead atoms. The van der Waals surface area contributed by atoms with E-state index in [1.807, 2.05) is 12.1 Å². The van der Waals surface area contributed by atoms with Gasteiger partial charge in [0.25, 0.3) is 0 Å². The molecule has 8 heteroatoms. The van der Waals surface area contributed by atoms with Crippen molar-refractivity contribution < 1.29 is 14.2 Å². The monoisotopic (exact) mass is 509 g/mol. The van der Waals surface area contributed by atoms with Gasteiger partial charge in [-0.15, -0.1) is 24.0 Å². The van der Waals surface area contributed by atoms with Gasteiger partial charge in [0.2, 0.25) is 0 Å². The number of halogens is 2. The average Bonchev–Trinajstić information content (AvgIpc) is 3.14. The van der Waals surface area contributed by atoms with E-state index in [9.17, 15) is 0 Å². The first kappa shape index (κ1) is 22.4. The first-order valence-electron chi connectivity index (χ1n) is 9.32. The normalized spacial score (nSPS) is 18.8. The smallest absolute Gasteiger partial charge is 0.193 e. The maximum atomic E-state index is 6.31. The van der Waals surface area contributed by atoms with Crippen molar-refractivity contribution >= 4 is 41.5 Å². The van der Waals surface area contributed by atoms with Crippen LogP contribution in [0.5, 0.6) is 11.5 Å². The van der Waals surface area contributed by atoms with Crippen molar-refractivity contribution in [3.63, 3.8) is 0 Å². The van der Waals surface area contributed by atoms with Crippen molar-refractivity contribution in [3.05, 3.63) is 22.7 Å². The molecule has 0 aromatic heterocycles. The molecule has 0 amide bonds. The summed E-state index contributed by atoms with van der Waals surface area (Å²) in [6.45, 7) is 7.40. The Hall–Kier alpha value is -0.930. The molecule has 0 aliphatic carbocycles. The number of fused-ring (bicyclic) bond motifs is 1. The highest BCUT2D eigenvalue weighted by Crippen LogP contribution is 2.38. The minimum atomic E-state index is 0. The molecule has 1 saturated heterocycles. The number of nitrogens with one attached hydrogen (secondary N) is 1. The number of hydrogen-bond donors (Lipinski definition) is 1. The highest BCUT2D eigenvalue weighted by Gasteiger charge is 2.19. The van der Waals surface area contributed by atoms with Crippen molar-refractivity contribution in [3.8, 4) is 11.5 Å². The van der Waals surface area contributed by atoms with Crippen LogP contribution in [0.25, 0.3) is 0 Å². The van der Waals surface area contributed by atoms with Gasteiger partial charge in [0.15, 0.2) is 17.5 Å². The zero-order chi connectivity index (χ0) is 18.4. The van der Waals surface area contributed by atoms with E-state index >= 15 is 0 Å². The minimum absolute atomic E-state index is 0. The predicted octanol–water partition coefficient (Wildman–Crippen LogP) is 3.21. The Morgan fingerprint density at radius 2 is 2.11 bits per heavy atom. The van der Waals surface area contributed by atoms with Crippen LogP contribution >= 0.6 is 35.6 Å². The summed E-state index contributed by atoms with van der Waals surface area (Å²) in [5, 5.41) is 3.97. The molecular weight excluding hydrogens is 481 g/mol. The molecule has 27 heavy (non-hydrogen) atoms. The van der Waals surface area contributed by atoms with Crippen LogP contribution in [-0.2, 0) is 11.2 Å². The molecule has 3 rings (SSSR count). The number of rotatable bonds is 6. The van der Waals surface area contributed by atoms with Gasteiger partial charge in [0.1, 0.15) is 13.2 Å². The van der Waals surface area contributed by atoms with Crippen LogP contribution in [0.1, 0.15) is 18.9 Å². The molecular formula is C19H29ClIN3O3. The van der Waals surface area contributed by atoms with Crippen LogP contribution in [0.2, 0.25) is 5.02 Å². The lowest BCUT2D eigenvalue weighted by Gasteiger charge is -2.24. The molecule has 0 spiro atoms. The van der Waals surface area contributed by atoms with Crippen LogP contribution in [0, 0.1) is 5.92 Å². The predicted molar refractivity (Wildman–Crippen MR) is 119 cm³/mol. The van der Waals surface area contributed by atoms with Crippen LogP contribution < -0.4 is 14.8 Å². The van der Waals surface area contributed by atoms with Gasteiger partial charge in [-0.2, -0.15) is 0 Å². The molecule has 6 nitrogen and oxygen atoms in total. The van der Waals surface area contributed by atoms with Crippen LogP contribution in [0.4, 0.5) is 0 Å². The van der Waals surface area contributed by atoms with E-state index in [2.05, 4.69) is 24.2 Å². The fourth-order valence-electron chi connectivity index (χ4n) is 3.27. The van der Waals surface area contributed by atoms with E-state index < -0.39 is 0 Å². The van der Waals surface area contributed by atoms with Crippen molar-refractivity contribution in [1.29, 1.82) is 0 Å². The van der Waals surface area contributed by atoms with Gasteiger partial charge in [-0.05, 0) is 37.5 Å². The lowest BCUT2D eigenvalue weighted by molar-refractivity contribution is 0.171.